The van der Waals surface area contributed by atoms with Gasteiger partial charge in [-0.3, -0.25) is 4.79 Å². The lowest BCUT2D eigenvalue weighted by Gasteiger charge is -2.06. The van der Waals surface area contributed by atoms with Crippen LogP contribution in [0.5, 0.6) is 0 Å². The molecule has 20 heavy (non-hydrogen) atoms. The van der Waals surface area contributed by atoms with Gasteiger partial charge in [-0.25, -0.2) is 4.98 Å². The fraction of sp³-hybridized carbons (Fsp3) is 0.0769. The fourth-order valence-corrected chi connectivity index (χ4v) is 2.87. The Labute approximate surface area is 135 Å². The number of nitrogens with one attached hydrogen (secondary N) is 1. The predicted octanol–water partition coefficient (Wildman–Crippen LogP) is 5.15. The quantitative estimate of drug-likeness (QED) is 0.781. The van der Waals surface area contributed by atoms with Crippen molar-refractivity contribution in [2.24, 2.45) is 0 Å². The Bertz CT molecular complexity index is 647. The molecule has 104 valence electrons. The summed E-state index contributed by atoms with van der Waals surface area (Å²) in [4.78, 5) is 16.0. The van der Waals surface area contributed by atoms with E-state index < -0.39 is 0 Å². The van der Waals surface area contributed by atoms with Gasteiger partial charge in [-0.1, -0.05) is 46.6 Å². The molecule has 0 fully saturated rings. The van der Waals surface area contributed by atoms with Gasteiger partial charge in [0.2, 0.25) is 5.91 Å². The van der Waals surface area contributed by atoms with Crippen LogP contribution < -0.4 is 5.32 Å². The average molecular weight is 348 g/mol. The van der Waals surface area contributed by atoms with Crippen molar-refractivity contribution in [1.82, 2.24) is 4.98 Å². The van der Waals surface area contributed by atoms with Crippen molar-refractivity contribution in [2.75, 3.05) is 5.32 Å². The monoisotopic (exact) mass is 346 g/mol. The number of rotatable bonds is 3. The van der Waals surface area contributed by atoms with E-state index in [1.165, 1.54) is 18.7 Å². The molecule has 0 bridgehead atoms. The summed E-state index contributed by atoms with van der Waals surface area (Å²) >= 11 is 19.1. The average Bonchev–Trinajstić information content (AvgIpc) is 2.37. The lowest BCUT2D eigenvalue weighted by Crippen LogP contribution is -2.05. The second-order valence-electron chi connectivity index (χ2n) is 3.86. The Morgan fingerprint density at radius 1 is 1.15 bits per heavy atom. The highest BCUT2D eigenvalue weighted by molar-refractivity contribution is 7.99. The maximum Gasteiger partial charge on any atom is 0.221 e. The maximum absolute atomic E-state index is 10.9. The molecular formula is C13H9Cl3N2OS. The minimum atomic E-state index is -0.111. The molecule has 1 aromatic heterocycles. The first-order valence-electron chi connectivity index (χ1n) is 5.53. The van der Waals surface area contributed by atoms with Gasteiger partial charge in [0.05, 0.1) is 10.0 Å². The standard InChI is InChI=1S/C13H9Cl3N2OS/c1-7(19)17-8-2-4-9(5-3-8)20-13-11(15)6-10(14)12(16)18-13/h2-6H,1H3,(H,17,19). The molecule has 7 heteroatoms. The molecule has 0 radical (unpaired) electrons. The molecule has 0 aliphatic heterocycles. The first kappa shape index (κ1) is 15.4. The molecule has 1 N–H and O–H groups in total. The summed E-state index contributed by atoms with van der Waals surface area (Å²) in [6, 6.07) is 8.88. The SMILES string of the molecule is CC(=O)Nc1ccc(Sc2nc(Cl)c(Cl)cc2Cl)cc1. The van der Waals surface area contributed by atoms with E-state index in [0.29, 0.717) is 15.1 Å². The highest BCUT2D eigenvalue weighted by Gasteiger charge is 2.09. The number of nitrogens with zero attached hydrogens (tertiary/aromatic N) is 1. The molecule has 0 saturated heterocycles. The highest BCUT2D eigenvalue weighted by atomic mass is 35.5. The van der Waals surface area contributed by atoms with Crippen molar-refractivity contribution in [3.8, 4) is 0 Å². The van der Waals surface area contributed by atoms with Crippen molar-refractivity contribution in [3.05, 3.63) is 45.5 Å². The van der Waals surface area contributed by atoms with E-state index >= 15 is 0 Å². The number of aromatic nitrogens is 1. The maximum atomic E-state index is 10.9. The van der Waals surface area contributed by atoms with Crippen molar-refractivity contribution >= 4 is 58.2 Å². The van der Waals surface area contributed by atoms with Crippen LogP contribution in [0.2, 0.25) is 15.2 Å². The molecule has 1 amide bonds. The van der Waals surface area contributed by atoms with Gasteiger partial charge >= 0.3 is 0 Å². The second kappa shape index (κ2) is 6.68. The first-order chi connectivity index (χ1) is 9.45. The zero-order valence-corrected chi connectivity index (χ0v) is 13.4. The smallest absolute Gasteiger partial charge is 0.221 e. The Morgan fingerprint density at radius 2 is 1.80 bits per heavy atom. The van der Waals surface area contributed by atoms with Gasteiger partial charge in [-0.2, -0.15) is 0 Å². The molecule has 3 nitrogen and oxygen atoms in total. The minimum Gasteiger partial charge on any atom is -0.326 e. The largest absolute Gasteiger partial charge is 0.326 e. The molecule has 0 saturated carbocycles. The molecule has 0 aliphatic rings. The van der Waals surface area contributed by atoms with Crippen LogP contribution >= 0.6 is 46.6 Å². The van der Waals surface area contributed by atoms with Crippen LogP contribution in [0.25, 0.3) is 0 Å². The van der Waals surface area contributed by atoms with Gasteiger partial charge in [-0.15, -0.1) is 0 Å². The third-order valence-corrected chi connectivity index (χ3v) is 4.33. The van der Waals surface area contributed by atoms with Gasteiger partial charge < -0.3 is 5.32 Å². The molecule has 2 rings (SSSR count). The Balaban J connectivity index is 2.18. The summed E-state index contributed by atoms with van der Waals surface area (Å²) in [5.41, 5.74) is 0.732. The topological polar surface area (TPSA) is 42.0 Å². The number of hydrogen-bond acceptors (Lipinski definition) is 3. The third kappa shape index (κ3) is 4.03. The molecule has 0 aliphatic carbocycles. The van der Waals surface area contributed by atoms with Gasteiger partial charge in [0.15, 0.2) is 0 Å². The summed E-state index contributed by atoms with van der Waals surface area (Å²) in [7, 11) is 0. The van der Waals surface area contributed by atoms with Crippen molar-refractivity contribution < 1.29 is 4.79 Å². The second-order valence-corrected chi connectivity index (χ2v) is 6.09. The van der Waals surface area contributed by atoms with Crippen LogP contribution in [0.15, 0.2) is 40.3 Å². The Kier molecular flexibility index (Phi) is 5.16. The lowest BCUT2D eigenvalue weighted by atomic mass is 10.3. The van der Waals surface area contributed by atoms with Crippen LogP contribution in [0.1, 0.15) is 6.92 Å². The van der Waals surface area contributed by atoms with E-state index in [1.54, 1.807) is 18.2 Å². The number of benzene rings is 1. The number of carbonyl (C=O) groups is 1. The van der Waals surface area contributed by atoms with E-state index in [-0.39, 0.29) is 11.1 Å². The summed E-state index contributed by atoms with van der Waals surface area (Å²) in [6.07, 6.45) is 0. The molecule has 0 spiro atoms. The number of anilines is 1. The van der Waals surface area contributed by atoms with E-state index in [0.717, 1.165) is 10.6 Å². The van der Waals surface area contributed by atoms with E-state index in [4.69, 9.17) is 34.8 Å². The Hall–Kier alpha value is -0.940. The number of hydrogen-bond donors (Lipinski definition) is 1. The van der Waals surface area contributed by atoms with E-state index in [9.17, 15) is 4.79 Å². The van der Waals surface area contributed by atoms with E-state index in [2.05, 4.69) is 10.3 Å². The molecular weight excluding hydrogens is 339 g/mol. The lowest BCUT2D eigenvalue weighted by molar-refractivity contribution is -0.114. The van der Waals surface area contributed by atoms with Gasteiger partial charge in [0.25, 0.3) is 0 Å². The van der Waals surface area contributed by atoms with Crippen LogP contribution in [-0.4, -0.2) is 10.9 Å². The van der Waals surface area contributed by atoms with Crippen molar-refractivity contribution in [2.45, 2.75) is 16.8 Å². The zero-order valence-electron chi connectivity index (χ0n) is 10.3. The van der Waals surface area contributed by atoms with Gasteiger partial charge in [0.1, 0.15) is 10.2 Å². The minimum absolute atomic E-state index is 0.111. The summed E-state index contributed by atoms with van der Waals surface area (Å²) in [5.74, 6) is -0.111. The number of halogens is 3. The normalized spacial score (nSPS) is 10.4. The van der Waals surface area contributed by atoms with Crippen LogP contribution in [0, 0.1) is 0 Å². The first-order valence-corrected chi connectivity index (χ1v) is 7.48. The highest BCUT2D eigenvalue weighted by Crippen LogP contribution is 2.35. The molecule has 0 unspecified atom stereocenters. The number of pyridine rings is 1. The Morgan fingerprint density at radius 3 is 2.40 bits per heavy atom. The van der Waals surface area contributed by atoms with E-state index in [1.807, 2.05) is 12.1 Å². The summed E-state index contributed by atoms with van der Waals surface area (Å²) in [5, 5.41) is 4.25. The predicted molar refractivity (Wildman–Crippen MR) is 84.1 cm³/mol. The summed E-state index contributed by atoms with van der Waals surface area (Å²) < 4.78 is 0. The van der Waals surface area contributed by atoms with Crippen LogP contribution in [0.3, 0.4) is 0 Å². The van der Waals surface area contributed by atoms with Crippen LogP contribution in [0.4, 0.5) is 5.69 Å². The van der Waals surface area contributed by atoms with Crippen LogP contribution in [-0.2, 0) is 4.79 Å². The molecule has 1 heterocycles. The number of carbonyl (C=O) groups excluding carboxylic acids is 1. The molecule has 0 atom stereocenters. The molecule has 2 aromatic rings. The van der Waals surface area contributed by atoms with Gasteiger partial charge in [-0.05, 0) is 30.3 Å². The van der Waals surface area contributed by atoms with Crippen molar-refractivity contribution in [3.63, 3.8) is 0 Å². The third-order valence-electron chi connectivity index (χ3n) is 2.24. The van der Waals surface area contributed by atoms with Gasteiger partial charge in [0, 0.05) is 17.5 Å². The molecule has 1 aromatic carbocycles. The van der Waals surface area contributed by atoms with Crippen molar-refractivity contribution in [1.29, 1.82) is 0 Å². The zero-order chi connectivity index (χ0) is 14.7. The summed E-state index contributed by atoms with van der Waals surface area (Å²) in [6.45, 7) is 1.46. The fourth-order valence-electron chi connectivity index (χ4n) is 1.42. The number of amides is 1.